The number of nitrogens with one attached hydrogen (secondary N) is 1. The number of carbonyl (C=O) groups is 11. The van der Waals surface area contributed by atoms with Gasteiger partial charge in [-0.2, -0.15) is 0 Å². The van der Waals surface area contributed by atoms with E-state index in [1.807, 2.05) is 34.7 Å². The number of piperazine rings is 1. The minimum atomic E-state index is -4.95. The number of carbonyl (C=O) groups excluding carboxylic acids is 11. The predicted octanol–water partition coefficient (Wildman–Crippen LogP) is 5.02. The van der Waals surface area contributed by atoms with Gasteiger partial charge in [-0.15, -0.1) is 11.3 Å². The van der Waals surface area contributed by atoms with Gasteiger partial charge in [-0.3, -0.25) is 72.3 Å². The van der Waals surface area contributed by atoms with Crippen LogP contribution in [0, 0.1) is 29.6 Å². The van der Waals surface area contributed by atoms with Gasteiger partial charge in [0.15, 0.2) is 17.7 Å². The summed E-state index contributed by atoms with van der Waals surface area (Å²) in [6, 6.07) is 2.33. The van der Waals surface area contributed by atoms with Crippen LogP contribution in [0.5, 0.6) is 5.75 Å². The smallest absolute Gasteiger partial charge is 0.455 e. The Morgan fingerprint density at radius 3 is 2.06 bits per heavy atom. The number of hydrogen-bond acceptors (Lipinski definition) is 17. The van der Waals surface area contributed by atoms with Crippen LogP contribution < -0.4 is 15.6 Å². The number of ether oxygens (including phenoxy) is 1. The second-order valence-corrected chi connectivity index (χ2v) is 26.5. The monoisotopic (exact) mass is 1280 g/mol. The van der Waals surface area contributed by atoms with Gasteiger partial charge in [0.1, 0.15) is 22.5 Å². The van der Waals surface area contributed by atoms with Gasteiger partial charge in [-0.05, 0) is 87.6 Å². The van der Waals surface area contributed by atoms with E-state index in [1.165, 1.54) is 60.7 Å². The molecule has 1 aromatic heterocycles. The highest BCUT2D eigenvalue weighted by atomic mass is 32.1. The molecule has 3 aliphatic heterocycles. The summed E-state index contributed by atoms with van der Waals surface area (Å²) in [5, 5.41) is 4.59. The van der Waals surface area contributed by atoms with E-state index in [-0.39, 0.29) is 142 Å². The molecule has 3 aliphatic rings. The Labute approximate surface area is 526 Å². The van der Waals surface area contributed by atoms with E-state index in [0.29, 0.717) is 12.0 Å². The highest BCUT2D eigenvalue weighted by Crippen LogP contribution is 2.38. The summed E-state index contributed by atoms with van der Waals surface area (Å²) < 4.78 is 22.3. The Morgan fingerprint density at radius 2 is 1.48 bits per heavy atom. The molecule has 2 aromatic rings. The van der Waals surface area contributed by atoms with Crippen LogP contribution in [0.15, 0.2) is 41.8 Å². The molecule has 89 heavy (non-hydrogen) atoms. The number of likely N-dealkylation sites (N-methyl/N-ethyl adjacent to an activating group) is 2. The van der Waals surface area contributed by atoms with Crippen molar-refractivity contribution < 1.29 is 76.4 Å². The fourth-order valence-electron chi connectivity index (χ4n) is 11.7. The molecule has 1 aromatic carbocycles. The maximum atomic E-state index is 15.0. The zero-order valence-corrected chi connectivity index (χ0v) is 54.8. The number of piperidine rings is 1. The van der Waals surface area contributed by atoms with E-state index < -0.39 is 103 Å². The first-order chi connectivity index (χ1) is 41.9. The molecule has 2 fully saturated rings. The third kappa shape index (κ3) is 21.5. The number of imide groups is 1. The lowest BCUT2D eigenvalue weighted by molar-refractivity contribution is -0.150. The normalized spacial score (nSPS) is 18.0. The summed E-state index contributed by atoms with van der Waals surface area (Å²) in [7, 11) is 0.0693. The number of nitrogens with zero attached hydrogens (tertiary/aromatic N) is 7. The number of phosphoric ester groups is 1. The summed E-state index contributed by atoms with van der Waals surface area (Å²) in [6.07, 6.45) is 5.19. The number of thiazole rings is 1. The number of Topliss-reactive ketones (excluding diaryl/α,β-unsaturated/α-hetero) is 2. The molecule has 27 heteroatoms. The topological polar surface area (TPSA) is 334 Å². The van der Waals surface area contributed by atoms with Crippen molar-refractivity contribution in [1.29, 1.82) is 0 Å². The van der Waals surface area contributed by atoms with E-state index in [0.717, 1.165) is 42.0 Å². The molecule has 5 N–H and O–H groups in total. The zero-order valence-electron chi connectivity index (χ0n) is 53.1. The van der Waals surface area contributed by atoms with Crippen LogP contribution in [0.25, 0.3) is 0 Å². The van der Waals surface area contributed by atoms with Gasteiger partial charge >= 0.3 is 13.8 Å². The van der Waals surface area contributed by atoms with Crippen LogP contribution in [0.3, 0.4) is 0 Å². The molecule has 5 rings (SSSR count). The lowest BCUT2D eigenvalue weighted by Crippen LogP contribution is -2.57. The zero-order chi connectivity index (χ0) is 66.0. The number of amides is 8. The summed E-state index contributed by atoms with van der Waals surface area (Å²) in [5.41, 5.74) is 5.76. The van der Waals surface area contributed by atoms with Crippen molar-refractivity contribution in [3.63, 3.8) is 0 Å². The van der Waals surface area contributed by atoms with Gasteiger partial charge in [0.2, 0.25) is 29.5 Å². The minimum Gasteiger partial charge on any atom is -0.455 e. The van der Waals surface area contributed by atoms with Crippen LogP contribution in [0.4, 0.5) is 0 Å². The third-order valence-corrected chi connectivity index (χ3v) is 18.6. The molecule has 2 saturated heterocycles. The van der Waals surface area contributed by atoms with Crippen LogP contribution in [-0.4, -0.2) is 194 Å². The molecule has 4 heterocycles. The summed E-state index contributed by atoms with van der Waals surface area (Å²) in [5.74, 6) is -7.41. The Morgan fingerprint density at radius 1 is 0.843 bits per heavy atom. The van der Waals surface area contributed by atoms with Gasteiger partial charge in [0, 0.05) is 121 Å². The molecule has 25 nitrogen and oxygen atoms in total. The first kappa shape index (κ1) is 73.0. The van der Waals surface area contributed by atoms with Crippen molar-refractivity contribution in [3.8, 4) is 5.75 Å². The third-order valence-electron chi connectivity index (χ3n) is 17.2. The second kappa shape index (κ2) is 33.9. The van der Waals surface area contributed by atoms with E-state index >= 15 is 4.79 Å². The number of benzene rings is 1. The van der Waals surface area contributed by atoms with Gasteiger partial charge in [0.25, 0.3) is 17.7 Å². The van der Waals surface area contributed by atoms with Crippen LogP contribution in [0.2, 0.25) is 0 Å². The minimum absolute atomic E-state index is 0.00101. The first-order valence-electron chi connectivity index (χ1n) is 30.9. The molecule has 8 amide bonds. The van der Waals surface area contributed by atoms with Gasteiger partial charge in [-0.25, -0.2) is 9.55 Å². The number of likely N-dealkylation sites (tertiary alicyclic amines) is 1. The lowest BCUT2D eigenvalue weighted by atomic mass is 9.83. The number of ketones is 2. The average Bonchev–Trinajstić information content (AvgIpc) is 3.18. The van der Waals surface area contributed by atoms with Crippen LogP contribution in [-0.2, 0) is 63.7 Å². The van der Waals surface area contributed by atoms with Gasteiger partial charge in [0.05, 0.1) is 12.1 Å². The molecular weight excluding hydrogens is 1190 g/mol. The molecule has 0 saturated carbocycles. The molecule has 1 unspecified atom stereocenters. The Hall–Kier alpha value is -6.73. The standard InChI is InChI=1S/C62H92N9O16PS/c1-11-40(6)45(35-51(74)47-18-14-15-27-66(47)8)60(80)67(9)48(38(2)3)36-52(86-41(7)72)59-64-46(37-89-59)61(81)68(10)49(33-42-21-23-44(24-22-42)87-88(83,84)85)50(73)34-43(17-12-13-19-53(63)75)58(79)65-57(39(4)5)62(82)70-31-29-69(30-32-70)54(76)20-16-28-71-55(77)25-26-56(71)78/h21-26,37-40,43,45,47-49,52,57H,11-20,27-36H2,1-10H3,(H2,63,75)(H,65,79)(H2,83,84,85)/t40-,43+,45?,47+,48+,49-,52+,57-/m0/s1. The number of rotatable bonds is 34. The Balaban J connectivity index is 1.38. The number of unbranched alkanes of at least 4 members (excludes halogenated alkanes) is 1. The first-order valence-corrected chi connectivity index (χ1v) is 33.3. The van der Waals surface area contributed by atoms with Crippen molar-refractivity contribution in [1.82, 2.24) is 39.7 Å². The number of primary amides is 1. The van der Waals surface area contributed by atoms with Crippen molar-refractivity contribution >= 4 is 84.0 Å². The molecule has 0 aliphatic carbocycles. The van der Waals surface area contributed by atoms with Gasteiger partial charge < -0.3 is 39.9 Å². The predicted molar refractivity (Wildman–Crippen MR) is 330 cm³/mol. The van der Waals surface area contributed by atoms with Crippen LogP contribution in [0.1, 0.15) is 159 Å². The van der Waals surface area contributed by atoms with E-state index in [2.05, 4.69) is 15.2 Å². The van der Waals surface area contributed by atoms with Gasteiger partial charge in [-0.1, -0.05) is 72.9 Å². The van der Waals surface area contributed by atoms with E-state index in [9.17, 15) is 62.3 Å². The molecule has 0 radical (unpaired) electrons. The van der Waals surface area contributed by atoms with E-state index in [1.54, 1.807) is 35.6 Å². The number of phosphoric acid groups is 1. The van der Waals surface area contributed by atoms with Crippen molar-refractivity contribution in [2.75, 3.05) is 60.4 Å². The average molecular weight is 1280 g/mol. The lowest BCUT2D eigenvalue weighted by Gasteiger charge is -2.37. The highest BCUT2D eigenvalue weighted by molar-refractivity contribution is 7.46. The van der Waals surface area contributed by atoms with Crippen molar-refractivity contribution in [2.45, 2.75) is 169 Å². The Bertz CT molecular complexity index is 2910. The molecule has 0 spiro atoms. The SMILES string of the molecule is CC[C@H](C)C(CC(=O)[C@H]1CCCCN1C)C(=O)N(C)[C@H](C[C@@H](OC(C)=O)c1nc(C(=O)N(C)[C@@H](Cc2ccc(OP(=O)(O)O)cc2)C(=O)C[C@@H](CCCCC(N)=O)C(=O)N[C@H](C(=O)N2CCN(C(=O)CCCN3C(=O)C=CC3=O)CC2)C(C)C)cs1)C(C)C. The van der Waals surface area contributed by atoms with Crippen molar-refractivity contribution in [3.05, 3.63) is 58.1 Å². The summed E-state index contributed by atoms with van der Waals surface area (Å²) >= 11 is 1.04. The molecule has 8 atom stereocenters. The molecule has 0 bridgehead atoms. The largest absolute Gasteiger partial charge is 0.524 e. The fraction of sp³-hybridized carbons (Fsp3) is 0.645. The van der Waals surface area contributed by atoms with Crippen LogP contribution >= 0.6 is 19.2 Å². The fourth-order valence-corrected chi connectivity index (χ4v) is 12.9. The number of nitrogens with two attached hydrogens (primary N) is 1. The highest BCUT2D eigenvalue weighted by Gasteiger charge is 2.40. The summed E-state index contributed by atoms with van der Waals surface area (Å²) in [6.45, 7) is 14.2. The van der Waals surface area contributed by atoms with Crippen molar-refractivity contribution in [2.24, 2.45) is 35.3 Å². The number of hydrogen-bond donors (Lipinski definition) is 4. The molecule has 492 valence electrons. The molecular formula is C62H92N9O16PS. The number of aromatic nitrogens is 1. The summed E-state index contributed by atoms with van der Waals surface area (Å²) in [4.78, 5) is 181. The maximum absolute atomic E-state index is 15.0. The second-order valence-electron chi connectivity index (χ2n) is 24.5. The van der Waals surface area contributed by atoms with E-state index in [4.69, 9.17) is 15.0 Å². The maximum Gasteiger partial charge on any atom is 0.524 e. The Kier molecular flexibility index (Phi) is 27.8. The number of esters is 1. The quantitative estimate of drug-likeness (QED) is 0.0309.